The zero-order valence-electron chi connectivity index (χ0n) is 15.3. The zero-order chi connectivity index (χ0) is 19.5. The van der Waals surface area contributed by atoms with E-state index in [1.165, 1.54) is 6.07 Å². The molecule has 0 heterocycles. The van der Waals surface area contributed by atoms with Crippen LogP contribution in [0.5, 0.6) is 0 Å². The molecule has 1 N–H and O–H groups in total. The van der Waals surface area contributed by atoms with E-state index in [9.17, 15) is 17.6 Å². The van der Waals surface area contributed by atoms with Gasteiger partial charge in [0.05, 0.1) is 11.4 Å². The van der Waals surface area contributed by atoms with Gasteiger partial charge in [0.15, 0.2) is 9.84 Å². The van der Waals surface area contributed by atoms with E-state index >= 15 is 0 Å². The lowest BCUT2D eigenvalue weighted by Crippen LogP contribution is -2.32. The maximum Gasteiger partial charge on any atom is 0.238 e. The number of carbonyl (C=O) groups excluding carboxylic acids is 1. The van der Waals surface area contributed by atoms with Crippen molar-refractivity contribution < 1.29 is 17.6 Å². The lowest BCUT2D eigenvalue weighted by atomic mass is 10.1. The Bertz CT molecular complexity index is 896. The molecule has 0 saturated heterocycles. The summed E-state index contributed by atoms with van der Waals surface area (Å²) in [6.07, 6.45) is 1.16. The van der Waals surface area contributed by atoms with Crippen molar-refractivity contribution in [2.24, 2.45) is 0 Å². The van der Waals surface area contributed by atoms with E-state index in [-0.39, 0.29) is 29.2 Å². The van der Waals surface area contributed by atoms with Gasteiger partial charge in [0.25, 0.3) is 0 Å². The van der Waals surface area contributed by atoms with Gasteiger partial charge in [-0.1, -0.05) is 18.2 Å². The number of nitrogens with one attached hydrogen (secondary N) is 1. The quantitative estimate of drug-likeness (QED) is 0.838. The predicted octanol–water partition coefficient (Wildman–Crippen LogP) is 3.17. The van der Waals surface area contributed by atoms with Crippen LogP contribution in [0.15, 0.2) is 47.4 Å². The van der Waals surface area contributed by atoms with Crippen molar-refractivity contribution in [2.75, 3.05) is 25.2 Å². The van der Waals surface area contributed by atoms with Gasteiger partial charge < -0.3 is 5.32 Å². The van der Waals surface area contributed by atoms with Crippen molar-refractivity contribution in [2.45, 2.75) is 24.8 Å². The zero-order valence-corrected chi connectivity index (χ0v) is 16.1. The fraction of sp³-hybridized carbons (Fsp3) is 0.316. The van der Waals surface area contributed by atoms with Gasteiger partial charge in [0.1, 0.15) is 5.82 Å². The van der Waals surface area contributed by atoms with Crippen molar-refractivity contribution in [1.29, 1.82) is 0 Å². The molecule has 0 radical (unpaired) electrons. The van der Waals surface area contributed by atoms with E-state index in [1.807, 2.05) is 11.8 Å². The second kappa shape index (κ2) is 7.97. The number of hydrogen-bond acceptors (Lipinski definition) is 4. The molecule has 0 aliphatic heterocycles. The Hall–Kier alpha value is -2.25. The molecule has 2 aromatic carbocycles. The molecule has 1 amide bonds. The van der Waals surface area contributed by atoms with Crippen LogP contribution in [0, 0.1) is 12.7 Å². The molecule has 1 atom stereocenters. The van der Waals surface area contributed by atoms with Gasteiger partial charge >= 0.3 is 0 Å². The Balaban J connectivity index is 2.00. The number of aryl methyl sites for hydroxylation is 1. The molecular formula is C19H23FN2O3S. The minimum atomic E-state index is -3.23. The van der Waals surface area contributed by atoms with Gasteiger partial charge in [-0.15, -0.1) is 0 Å². The van der Waals surface area contributed by atoms with E-state index in [1.54, 1.807) is 50.4 Å². The normalized spacial score (nSPS) is 12.8. The number of nitrogens with zero attached hydrogens (tertiary/aromatic N) is 1. The van der Waals surface area contributed by atoms with E-state index in [2.05, 4.69) is 5.32 Å². The first-order valence-corrected chi connectivity index (χ1v) is 10.0. The third kappa shape index (κ3) is 5.12. The smallest absolute Gasteiger partial charge is 0.238 e. The SMILES string of the molecule is Cc1ccc(NC(=O)CN(C)C(C)c2ccc(S(C)(=O)=O)cc2)cc1F. The van der Waals surface area contributed by atoms with Gasteiger partial charge in [0.2, 0.25) is 5.91 Å². The summed E-state index contributed by atoms with van der Waals surface area (Å²) >= 11 is 0. The van der Waals surface area contributed by atoms with Crippen molar-refractivity contribution in [1.82, 2.24) is 4.90 Å². The lowest BCUT2D eigenvalue weighted by Gasteiger charge is -2.24. The molecule has 26 heavy (non-hydrogen) atoms. The topological polar surface area (TPSA) is 66.5 Å². The van der Waals surface area contributed by atoms with Crippen molar-refractivity contribution >= 4 is 21.4 Å². The Labute approximate surface area is 153 Å². The third-order valence-corrected chi connectivity index (χ3v) is 5.43. The molecular weight excluding hydrogens is 355 g/mol. The van der Waals surface area contributed by atoms with Crippen LogP contribution in [0.25, 0.3) is 0 Å². The highest BCUT2D eigenvalue weighted by atomic mass is 32.2. The Morgan fingerprint density at radius 1 is 1.19 bits per heavy atom. The summed E-state index contributed by atoms with van der Waals surface area (Å²) in [5, 5.41) is 2.68. The highest BCUT2D eigenvalue weighted by Gasteiger charge is 2.16. The van der Waals surface area contributed by atoms with Gasteiger partial charge in [-0.3, -0.25) is 9.69 Å². The molecule has 5 nitrogen and oxygen atoms in total. The number of hydrogen-bond donors (Lipinski definition) is 1. The summed E-state index contributed by atoms with van der Waals surface area (Å²) in [4.78, 5) is 14.3. The first-order chi connectivity index (χ1) is 12.1. The average Bonchev–Trinajstić information content (AvgIpc) is 2.56. The summed E-state index contributed by atoms with van der Waals surface area (Å²) in [7, 11) is -1.44. The fourth-order valence-electron chi connectivity index (χ4n) is 2.48. The molecule has 1 unspecified atom stereocenters. The summed E-state index contributed by atoms with van der Waals surface area (Å²) in [6, 6.07) is 11.1. The van der Waals surface area contributed by atoms with Crippen molar-refractivity contribution in [3.63, 3.8) is 0 Å². The van der Waals surface area contributed by atoms with Gasteiger partial charge in [0, 0.05) is 18.0 Å². The van der Waals surface area contributed by atoms with Crippen molar-refractivity contribution in [3.05, 3.63) is 59.4 Å². The van der Waals surface area contributed by atoms with Crippen LogP contribution >= 0.6 is 0 Å². The highest BCUT2D eigenvalue weighted by molar-refractivity contribution is 7.90. The van der Waals surface area contributed by atoms with E-state index in [0.29, 0.717) is 11.3 Å². The lowest BCUT2D eigenvalue weighted by molar-refractivity contribution is -0.117. The van der Waals surface area contributed by atoms with Crippen LogP contribution in [0.3, 0.4) is 0 Å². The maximum atomic E-state index is 13.6. The Morgan fingerprint density at radius 2 is 1.81 bits per heavy atom. The number of halogens is 1. The molecule has 0 bridgehead atoms. The van der Waals surface area contributed by atoms with Crippen LogP contribution in [0.2, 0.25) is 0 Å². The Kier molecular flexibility index (Phi) is 6.15. The number of sulfone groups is 1. The molecule has 0 aromatic heterocycles. The molecule has 2 aromatic rings. The third-order valence-electron chi connectivity index (χ3n) is 4.30. The minimum absolute atomic E-state index is 0.0934. The minimum Gasteiger partial charge on any atom is -0.325 e. The summed E-state index contributed by atoms with van der Waals surface area (Å²) in [6.45, 7) is 3.70. The number of likely N-dealkylation sites (N-methyl/N-ethyl adjacent to an activating group) is 1. The monoisotopic (exact) mass is 378 g/mol. The van der Waals surface area contributed by atoms with E-state index < -0.39 is 9.84 Å². The number of benzene rings is 2. The molecule has 0 aliphatic carbocycles. The summed E-state index contributed by atoms with van der Waals surface area (Å²) in [5.41, 5.74) is 1.83. The second-order valence-corrected chi connectivity index (χ2v) is 8.46. The number of amides is 1. The molecule has 0 aliphatic rings. The molecule has 2 rings (SSSR count). The molecule has 0 saturated carbocycles. The standard InChI is InChI=1S/C19H23FN2O3S/c1-13-5-8-16(11-18(13)20)21-19(23)12-22(3)14(2)15-6-9-17(10-7-15)26(4,24)25/h5-11,14H,12H2,1-4H3,(H,21,23). The molecule has 0 spiro atoms. The second-order valence-electron chi connectivity index (χ2n) is 6.44. The van der Waals surface area contributed by atoms with Gasteiger partial charge in [-0.2, -0.15) is 0 Å². The highest BCUT2D eigenvalue weighted by Crippen LogP contribution is 2.21. The molecule has 140 valence electrons. The van der Waals surface area contributed by atoms with Crippen LogP contribution in [-0.4, -0.2) is 39.1 Å². The van der Waals surface area contributed by atoms with Crippen LogP contribution < -0.4 is 5.32 Å². The Morgan fingerprint density at radius 3 is 2.35 bits per heavy atom. The van der Waals surface area contributed by atoms with Crippen LogP contribution in [0.1, 0.15) is 24.1 Å². The van der Waals surface area contributed by atoms with E-state index in [0.717, 1.165) is 11.8 Å². The first kappa shape index (κ1) is 20.1. The molecule has 0 fully saturated rings. The number of anilines is 1. The largest absolute Gasteiger partial charge is 0.325 e. The number of carbonyl (C=O) groups is 1. The van der Waals surface area contributed by atoms with Crippen molar-refractivity contribution in [3.8, 4) is 0 Å². The first-order valence-electron chi connectivity index (χ1n) is 8.14. The van der Waals surface area contributed by atoms with Gasteiger partial charge in [-0.25, -0.2) is 12.8 Å². The van der Waals surface area contributed by atoms with Crippen LogP contribution in [-0.2, 0) is 14.6 Å². The van der Waals surface area contributed by atoms with Gasteiger partial charge in [-0.05, 0) is 56.3 Å². The summed E-state index contributed by atoms with van der Waals surface area (Å²) < 4.78 is 36.6. The van der Waals surface area contributed by atoms with E-state index in [4.69, 9.17) is 0 Å². The molecule has 7 heteroatoms. The number of rotatable bonds is 6. The maximum absolute atomic E-state index is 13.6. The predicted molar refractivity (Wildman–Crippen MR) is 100 cm³/mol. The van der Waals surface area contributed by atoms with Crippen LogP contribution in [0.4, 0.5) is 10.1 Å². The summed E-state index contributed by atoms with van der Waals surface area (Å²) in [5.74, 6) is -0.620. The average molecular weight is 378 g/mol. The fourth-order valence-corrected chi connectivity index (χ4v) is 3.11.